The molecule has 0 aromatic heterocycles. The number of carboxylic acid groups (broad SMARTS) is 1. The summed E-state index contributed by atoms with van der Waals surface area (Å²) in [6.45, 7) is -0.102. The van der Waals surface area contributed by atoms with E-state index in [2.05, 4.69) is 4.72 Å². The van der Waals surface area contributed by atoms with Gasteiger partial charge in [-0.1, -0.05) is 23.2 Å². The molecule has 0 aliphatic carbocycles. The number of carbonyl (C=O) groups is 1. The Morgan fingerprint density at radius 3 is 2.52 bits per heavy atom. The smallest absolute Gasteiger partial charge is 0.337 e. The van der Waals surface area contributed by atoms with Crippen LogP contribution in [0, 0.1) is 0 Å². The van der Waals surface area contributed by atoms with Crippen LogP contribution in [0.4, 0.5) is 0 Å². The summed E-state index contributed by atoms with van der Waals surface area (Å²) in [5.41, 5.74) is -0.402. The molecule has 118 valence electrons. The second-order valence-corrected chi connectivity index (χ2v) is 6.35. The fourth-order valence-corrected chi connectivity index (χ4v) is 3.32. The third kappa shape index (κ3) is 5.10. The zero-order chi connectivity index (χ0) is 16.0. The summed E-state index contributed by atoms with van der Waals surface area (Å²) in [5, 5.41) is 17.0. The molecule has 0 aliphatic rings. The number of nitrogens with one attached hydrogen (secondary N) is 1. The second kappa shape index (κ2) is 7.92. The van der Waals surface area contributed by atoms with Crippen molar-refractivity contribution in [3.8, 4) is 0 Å². The van der Waals surface area contributed by atoms with Crippen molar-refractivity contribution in [2.45, 2.75) is 4.90 Å². The predicted octanol–water partition coefficient (Wildman–Crippen LogP) is 0.979. The van der Waals surface area contributed by atoms with Gasteiger partial charge in [0.15, 0.2) is 0 Å². The Kier molecular flexibility index (Phi) is 6.85. The van der Waals surface area contributed by atoms with Crippen LogP contribution >= 0.6 is 23.2 Å². The maximum Gasteiger partial charge on any atom is 0.337 e. The molecule has 0 amide bonds. The van der Waals surface area contributed by atoms with Crippen LogP contribution in [-0.2, 0) is 14.8 Å². The number of hydrogen-bond acceptors (Lipinski definition) is 5. The number of sulfonamides is 1. The van der Waals surface area contributed by atoms with Gasteiger partial charge in [-0.3, -0.25) is 0 Å². The first-order valence-corrected chi connectivity index (χ1v) is 7.94. The van der Waals surface area contributed by atoms with Crippen molar-refractivity contribution < 1.29 is 28.2 Å². The van der Waals surface area contributed by atoms with E-state index in [1.54, 1.807) is 0 Å². The highest BCUT2D eigenvalue weighted by Gasteiger charge is 2.23. The van der Waals surface area contributed by atoms with Crippen LogP contribution < -0.4 is 4.72 Å². The van der Waals surface area contributed by atoms with E-state index >= 15 is 0 Å². The Balaban J connectivity index is 2.95. The number of halogens is 2. The highest BCUT2D eigenvalue weighted by atomic mass is 35.5. The molecule has 7 nitrogen and oxygen atoms in total. The first-order valence-electron chi connectivity index (χ1n) is 5.70. The van der Waals surface area contributed by atoms with Crippen molar-refractivity contribution in [2.75, 3.05) is 26.4 Å². The van der Waals surface area contributed by atoms with E-state index in [9.17, 15) is 13.2 Å². The number of ether oxygens (including phenoxy) is 1. The number of aromatic carboxylic acids is 1. The van der Waals surface area contributed by atoms with Gasteiger partial charge in [0.25, 0.3) is 0 Å². The summed E-state index contributed by atoms with van der Waals surface area (Å²) in [6, 6.07) is 2.13. The fraction of sp³-hybridized carbons (Fsp3) is 0.364. The average Bonchev–Trinajstić information content (AvgIpc) is 2.40. The maximum absolute atomic E-state index is 12.1. The number of aliphatic hydroxyl groups excluding tert-OH is 1. The zero-order valence-electron chi connectivity index (χ0n) is 10.7. The summed E-state index contributed by atoms with van der Waals surface area (Å²) in [6.07, 6.45) is 0. The molecular formula is C11H13Cl2NO6S. The first-order chi connectivity index (χ1) is 9.79. The van der Waals surface area contributed by atoms with E-state index in [1.165, 1.54) is 0 Å². The SMILES string of the molecule is O=C(O)c1cc(Cl)cc(S(=O)(=O)NCCOCCO)c1Cl. The van der Waals surface area contributed by atoms with Gasteiger partial charge < -0.3 is 14.9 Å². The topological polar surface area (TPSA) is 113 Å². The van der Waals surface area contributed by atoms with Crippen molar-refractivity contribution >= 4 is 39.2 Å². The van der Waals surface area contributed by atoms with Gasteiger partial charge in [0.05, 0.1) is 30.4 Å². The molecule has 3 N–H and O–H groups in total. The van der Waals surface area contributed by atoms with E-state index in [1.807, 2.05) is 0 Å². The maximum atomic E-state index is 12.1. The molecule has 1 aromatic carbocycles. The molecule has 0 heterocycles. The van der Waals surface area contributed by atoms with Crippen molar-refractivity contribution in [3.05, 3.63) is 27.7 Å². The minimum Gasteiger partial charge on any atom is -0.478 e. The third-order valence-corrected chi connectivity index (χ3v) is 4.52. The quantitative estimate of drug-likeness (QED) is 0.597. The minimum atomic E-state index is -4.03. The van der Waals surface area contributed by atoms with Gasteiger partial charge in [-0.25, -0.2) is 17.9 Å². The van der Waals surface area contributed by atoms with Gasteiger partial charge in [-0.2, -0.15) is 0 Å². The summed E-state index contributed by atoms with van der Waals surface area (Å²) in [5.74, 6) is -1.38. The molecule has 0 aliphatic heterocycles. The van der Waals surface area contributed by atoms with Gasteiger partial charge in [-0.05, 0) is 12.1 Å². The Hall–Kier alpha value is -0.900. The van der Waals surface area contributed by atoms with E-state index in [0.717, 1.165) is 12.1 Å². The molecule has 0 bridgehead atoms. The lowest BCUT2D eigenvalue weighted by molar-refractivity contribution is 0.0697. The summed E-state index contributed by atoms with van der Waals surface area (Å²) >= 11 is 11.5. The molecule has 0 spiro atoms. The van der Waals surface area contributed by atoms with Crippen LogP contribution in [0.15, 0.2) is 17.0 Å². The van der Waals surface area contributed by atoms with Gasteiger partial charge in [0.1, 0.15) is 4.90 Å². The van der Waals surface area contributed by atoms with Crippen LogP contribution in [0.25, 0.3) is 0 Å². The average molecular weight is 358 g/mol. The number of rotatable bonds is 8. The lowest BCUT2D eigenvalue weighted by Gasteiger charge is -2.10. The molecule has 0 fully saturated rings. The molecule has 0 unspecified atom stereocenters. The first kappa shape index (κ1) is 18.1. The molecule has 0 atom stereocenters. The van der Waals surface area contributed by atoms with E-state index in [0.29, 0.717) is 0 Å². The van der Waals surface area contributed by atoms with Gasteiger partial charge in [-0.15, -0.1) is 0 Å². The Morgan fingerprint density at radius 2 is 1.95 bits per heavy atom. The van der Waals surface area contributed by atoms with E-state index < -0.39 is 31.5 Å². The highest BCUT2D eigenvalue weighted by Crippen LogP contribution is 2.29. The van der Waals surface area contributed by atoms with E-state index in [4.69, 9.17) is 38.2 Å². The molecule has 1 aromatic rings. The standard InChI is InChI=1S/C11H13Cl2NO6S/c12-7-5-8(11(16)17)10(13)9(6-7)21(18,19)14-1-3-20-4-2-15/h5-6,14-15H,1-4H2,(H,16,17). The lowest BCUT2D eigenvalue weighted by Crippen LogP contribution is -2.28. The highest BCUT2D eigenvalue weighted by molar-refractivity contribution is 7.89. The lowest BCUT2D eigenvalue weighted by atomic mass is 10.2. The summed E-state index contributed by atoms with van der Waals surface area (Å²) < 4.78 is 31.2. The Bertz CT molecular complexity index is 619. The van der Waals surface area contributed by atoms with Crippen molar-refractivity contribution in [1.82, 2.24) is 4.72 Å². The number of benzene rings is 1. The molecule has 21 heavy (non-hydrogen) atoms. The van der Waals surface area contributed by atoms with Crippen LogP contribution in [0.2, 0.25) is 10.0 Å². The van der Waals surface area contributed by atoms with Crippen molar-refractivity contribution in [2.24, 2.45) is 0 Å². The number of aliphatic hydroxyl groups is 1. The molecule has 0 saturated carbocycles. The largest absolute Gasteiger partial charge is 0.478 e. The van der Waals surface area contributed by atoms with Crippen LogP contribution in [-0.4, -0.2) is 51.0 Å². The minimum absolute atomic E-state index is 0.0454. The van der Waals surface area contributed by atoms with Crippen LogP contribution in [0.1, 0.15) is 10.4 Å². The number of hydrogen-bond donors (Lipinski definition) is 3. The van der Waals surface area contributed by atoms with Gasteiger partial charge >= 0.3 is 5.97 Å². The molecule has 10 heteroatoms. The van der Waals surface area contributed by atoms with Gasteiger partial charge in [0.2, 0.25) is 10.0 Å². The Morgan fingerprint density at radius 1 is 1.29 bits per heavy atom. The van der Waals surface area contributed by atoms with E-state index in [-0.39, 0.29) is 31.4 Å². The normalized spacial score (nSPS) is 11.6. The summed E-state index contributed by atoms with van der Waals surface area (Å²) in [4.78, 5) is 10.6. The molecule has 0 radical (unpaired) electrons. The van der Waals surface area contributed by atoms with Crippen LogP contribution in [0.5, 0.6) is 0 Å². The third-order valence-electron chi connectivity index (χ3n) is 2.30. The molecular weight excluding hydrogens is 345 g/mol. The molecule has 0 saturated heterocycles. The van der Waals surface area contributed by atoms with Crippen molar-refractivity contribution in [1.29, 1.82) is 0 Å². The zero-order valence-corrected chi connectivity index (χ0v) is 13.0. The van der Waals surface area contributed by atoms with Crippen molar-refractivity contribution in [3.63, 3.8) is 0 Å². The summed E-state index contributed by atoms with van der Waals surface area (Å²) in [7, 11) is -4.03. The fourth-order valence-electron chi connectivity index (χ4n) is 1.41. The Labute approximate surface area is 131 Å². The molecule has 1 rings (SSSR count). The second-order valence-electron chi connectivity index (χ2n) is 3.80. The number of carboxylic acids is 1. The predicted molar refractivity (Wildman–Crippen MR) is 76.5 cm³/mol. The van der Waals surface area contributed by atoms with Crippen LogP contribution in [0.3, 0.4) is 0 Å². The monoisotopic (exact) mass is 357 g/mol. The van der Waals surface area contributed by atoms with Gasteiger partial charge in [0, 0.05) is 11.6 Å².